The van der Waals surface area contributed by atoms with Gasteiger partial charge < -0.3 is 10.2 Å². The summed E-state index contributed by atoms with van der Waals surface area (Å²) in [5.41, 5.74) is 2.11. The van der Waals surface area contributed by atoms with Crippen LogP contribution in [0.5, 0.6) is 0 Å². The van der Waals surface area contributed by atoms with Crippen molar-refractivity contribution in [3.8, 4) is 0 Å². The number of likely N-dealkylation sites (N-methyl/N-ethyl adjacent to an activating group) is 1. The van der Waals surface area contributed by atoms with E-state index >= 15 is 0 Å². The lowest BCUT2D eigenvalue weighted by molar-refractivity contribution is 0.631. The first-order valence-electron chi connectivity index (χ1n) is 6.09. The van der Waals surface area contributed by atoms with Gasteiger partial charge in [0.1, 0.15) is 18.0 Å². The summed E-state index contributed by atoms with van der Waals surface area (Å²) < 4.78 is 14.6. The molecule has 1 aliphatic heterocycles. The molecule has 0 saturated heterocycles. The quantitative estimate of drug-likeness (QED) is 0.915. The van der Waals surface area contributed by atoms with E-state index in [0.29, 0.717) is 16.7 Å². The molecule has 0 aliphatic carbocycles. The Morgan fingerprint density at radius 2 is 2.25 bits per heavy atom. The highest BCUT2D eigenvalue weighted by molar-refractivity contribution is 9.10. The summed E-state index contributed by atoms with van der Waals surface area (Å²) in [5, 5.41) is 3.11. The number of hydrogen-bond acceptors (Lipinski definition) is 4. The highest BCUT2D eigenvalue weighted by Crippen LogP contribution is 2.30. The Labute approximate surface area is 124 Å². The van der Waals surface area contributed by atoms with Crippen LogP contribution in [0.1, 0.15) is 5.56 Å². The summed E-state index contributed by atoms with van der Waals surface area (Å²) in [6.07, 6.45) is 5.24. The lowest BCUT2D eigenvalue weighted by Crippen LogP contribution is -2.25. The minimum atomic E-state index is -0.308. The van der Waals surface area contributed by atoms with E-state index in [1.165, 1.54) is 12.4 Å². The zero-order chi connectivity index (χ0) is 14.1. The topological polar surface area (TPSA) is 41.0 Å². The fourth-order valence-corrected chi connectivity index (χ4v) is 2.43. The largest absolute Gasteiger partial charge is 0.355 e. The van der Waals surface area contributed by atoms with Crippen molar-refractivity contribution in [1.29, 1.82) is 0 Å². The first kappa shape index (κ1) is 13.1. The van der Waals surface area contributed by atoms with Gasteiger partial charge in [0.2, 0.25) is 0 Å². The minimum absolute atomic E-state index is 0.308. The Morgan fingerprint density at radius 1 is 1.40 bits per heavy atom. The van der Waals surface area contributed by atoms with Crippen molar-refractivity contribution in [1.82, 2.24) is 9.97 Å². The molecule has 102 valence electrons. The summed E-state index contributed by atoms with van der Waals surface area (Å²) in [4.78, 5) is 10.3. The molecular weight excluding hydrogens is 323 g/mol. The molecule has 0 atom stereocenters. The second-order valence-electron chi connectivity index (χ2n) is 4.51. The number of benzene rings is 1. The predicted molar refractivity (Wildman–Crippen MR) is 81.0 cm³/mol. The summed E-state index contributed by atoms with van der Waals surface area (Å²) in [5.74, 6) is 0.528. The number of rotatable bonds is 2. The molecule has 2 aromatic rings. The Bertz CT molecular complexity index is 687. The Morgan fingerprint density at radius 3 is 3.05 bits per heavy atom. The zero-order valence-electron chi connectivity index (χ0n) is 10.8. The smallest absolute Gasteiger partial charge is 0.147 e. The fourth-order valence-electron chi connectivity index (χ4n) is 2.10. The van der Waals surface area contributed by atoms with Crippen LogP contribution in [0.15, 0.2) is 41.3 Å². The van der Waals surface area contributed by atoms with E-state index in [1.807, 2.05) is 18.0 Å². The third-order valence-corrected chi connectivity index (χ3v) is 3.61. The van der Waals surface area contributed by atoms with Crippen molar-refractivity contribution in [2.45, 2.75) is 0 Å². The van der Waals surface area contributed by atoms with Crippen molar-refractivity contribution in [2.75, 3.05) is 23.8 Å². The van der Waals surface area contributed by atoms with E-state index in [-0.39, 0.29) is 5.82 Å². The van der Waals surface area contributed by atoms with Crippen LogP contribution in [0.2, 0.25) is 0 Å². The van der Waals surface area contributed by atoms with Crippen molar-refractivity contribution < 1.29 is 4.39 Å². The summed E-state index contributed by atoms with van der Waals surface area (Å²) >= 11 is 3.25. The highest BCUT2D eigenvalue weighted by atomic mass is 79.9. The maximum Gasteiger partial charge on any atom is 0.147 e. The summed E-state index contributed by atoms with van der Waals surface area (Å²) in [6, 6.07) is 4.92. The third kappa shape index (κ3) is 2.38. The van der Waals surface area contributed by atoms with E-state index in [9.17, 15) is 4.39 Å². The SMILES string of the molecule is CN1CC=C(Nc2ccc(Br)cc2F)c2cncnc21. The Hall–Kier alpha value is -1.95. The van der Waals surface area contributed by atoms with E-state index in [1.54, 1.807) is 18.3 Å². The molecule has 1 aromatic carbocycles. The third-order valence-electron chi connectivity index (χ3n) is 3.11. The first-order chi connectivity index (χ1) is 9.65. The Balaban J connectivity index is 1.95. The van der Waals surface area contributed by atoms with Crippen LogP contribution < -0.4 is 10.2 Å². The van der Waals surface area contributed by atoms with Gasteiger partial charge in [-0.1, -0.05) is 15.9 Å². The van der Waals surface area contributed by atoms with Gasteiger partial charge in [-0.3, -0.25) is 0 Å². The monoisotopic (exact) mass is 334 g/mol. The second kappa shape index (κ2) is 5.20. The maximum atomic E-state index is 13.9. The van der Waals surface area contributed by atoms with E-state index in [0.717, 1.165) is 17.1 Å². The van der Waals surface area contributed by atoms with E-state index < -0.39 is 0 Å². The average molecular weight is 335 g/mol. The molecule has 3 rings (SSSR count). The van der Waals surface area contributed by atoms with E-state index in [4.69, 9.17) is 0 Å². The molecule has 1 aromatic heterocycles. The molecule has 20 heavy (non-hydrogen) atoms. The summed E-state index contributed by atoms with van der Waals surface area (Å²) in [7, 11) is 1.96. The van der Waals surface area contributed by atoms with Crippen molar-refractivity contribution in [3.63, 3.8) is 0 Å². The standard InChI is InChI=1S/C14H12BrFN4/c1-20-5-4-12(10-7-17-8-18-14(10)20)19-13-3-2-9(15)6-11(13)16/h2-4,6-8,19H,5H2,1H3. The number of hydrogen-bond donors (Lipinski definition) is 1. The number of anilines is 2. The van der Waals surface area contributed by atoms with Gasteiger partial charge in [-0.2, -0.15) is 0 Å². The van der Waals surface area contributed by atoms with Crippen molar-refractivity contribution >= 4 is 33.1 Å². The van der Waals surface area contributed by atoms with Gasteiger partial charge in [-0.25, -0.2) is 14.4 Å². The minimum Gasteiger partial charge on any atom is -0.355 e. The molecule has 0 spiro atoms. The van der Waals surface area contributed by atoms with Gasteiger partial charge in [-0.15, -0.1) is 0 Å². The molecule has 0 fully saturated rings. The Kier molecular flexibility index (Phi) is 3.40. The number of fused-ring (bicyclic) bond motifs is 1. The molecule has 0 saturated carbocycles. The number of halogens is 2. The highest BCUT2D eigenvalue weighted by Gasteiger charge is 2.18. The van der Waals surface area contributed by atoms with Gasteiger partial charge in [-0.05, 0) is 24.3 Å². The molecule has 2 heterocycles. The van der Waals surface area contributed by atoms with Crippen LogP contribution in [-0.4, -0.2) is 23.6 Å². The molecule has 0 unspecified atom stereocenters. The molecule has 0 amide bonds. The normalized spacial score (nSPS) is 13.8. The van der Waals surface area contributed by atoms with E-state index in [2.05, 4.69) is 31.2 Å². The lowest BCUT2D eigenvalue weighted by atomic mass is 10.1. The molecule has 6 heteroatoms. The number of nitrogens with zero attached hydrogens (tertiary/aromatic N) is 3. The van der Waals surface area contributed by atoms with Crippen LogP contribution in [0, 0.1) is 5.82 Å². The van der Waals surface area contributed by atoms with Crippen molar-refractivity contribution in [2.24, 2.45) is 0 Å². The van der Waals surface area contributed by atoms with Gasteiger partial charge in [0.25, 0.3) is 0 Å². The molecule has 1 N–H and O–H groups in total. The lowest BCUT2D eigenvalue weighted by Gasteiger charge is -2.26. The molecule has 4 nitrogen and oxygen atoms in total. The predicted octanol–water partition coefficient (Wildman–Crippen LogP) is 3.28. The molecule has 1 aliphatic rings. The second-order valence-corrected chi connectivity index (χ2v) is 5.42. The van der Waals surface area contributed by atoms with Gasteiger partial charge in [0.15, 0.2) is 0 Å². The number of aromatic nitrogens is 2. The van der Waals surface area contributed by atoms with Crippen molar-refractivity contribution in [3.05, 3.63) is 52.7 Å². The van der Waals surface area contributed by atoms with Gasteiger partial charge >= 0.3 is 0 Å². The van der Waals surface area contributed by atoms with Crippen LogP contribution in [0.25, 0.3) is 5.70 Å². The zero-order valence-corrected chi connectivity index (χ0v) is 12.4. The van der Waals surface area contributed by atoms with Gasteiger partial charge in [0.05, 0.1) is 11.3 Å². The molecule has 0 radical (unpaired) electrons. The van der Waals surface area contributed by atoms with Crippen LogP contribution in [0.4, 0.5) is 15.9 Å². The van der Waals surface area contributed by atoms with Gasteiger partial charge in [0, 0.05) is 30.0 Å². The number of nitrogens with one attached hydrogen (secondary N) is 1. The molecular formula is C14H12BrFN4. The van der Waals surface area contributed by atoms with Crippen LogP contribution in [-0.2, 0) is 0 Å². The van der Waals surface area contributed by atoms with Crippen LogP contribution >= 0.6 is 15.9 Å². The fraction of sp³-hybridized carbons (Fsp3) is 0.143. The average Bonchev–Trinajstić information content (AvgIpc) is 2.45. The maximum absolute atomic E-state index is 13.9. The first-order valence-corrected chi connectivity index (χ1v) is 6.88. The summed E-state index contributed by atoms with van der Waals surface area (Å²) in [6.45, 7) is 0.713. The van der Waals surface area contributed by atoms with Crippen LogP contribution in [0.3, 0.4) is 0 Å². The molecule has 0 bridgehead atoms.